The first-order valence-electron chi connectivity index (χ1n) is 4.20. The Morgan fingerprint density at radius 3 is 2.57 bits per heavy atom. The van der Waals surface area contributed by atoms with Gasteiger partial charge in [-0.05, 0) is 34.7 Å². The molecule has 0 saturated heterocycles. The lowest BCUT2D eigenvalue weighted by Crippen LogP contribution is -1.83. The van der Waals surface area contributed by atoms with Crippen LogP contribution in [-0.2, 0) is 6.61 Å². The van der Waals surface area contributed by atoms with Crippen molar-refractivity contribution < 1.29 is 5.11 Å². The van der Waals surface area contributed by atoms with Crippen LogP contribution in [0.15, 0.2) is 30.5 Å². The predicted octanol–water partition coefficient (Wildman–Crippen LogP) is 2.17. The summed E-state index contributed by atoms with van der Waals surface area (Å²) in [6, 6.07) is 8.05. The number of nitrogens with one attached hydrogen (secondary N) is 1. The molecule has 0 spiro atoms. The molecule has 2 aromatic rings. The number of rotatable bonds is 2. The molecule has 0 amide bonds. The summed E-state index contributed by atoms with van der Waals surface area (Å²) in [5.41, 5.74) is 1.77. The van der Waals surface area contributed by atoms with Crippen molar-refractivity contribution in [1.82, 2.24) is 9.97 Å². The van der Waals surface area contributed by atoms with Gasteiger partial charge in [-0.1, -0.05) is 12.1 Å². The first kappa shape index (κ1) is 9.67. The van der Waals surface area contributed by atoms with Gasteiger partial charge < -0.3 is 10.1 Å². The van der Waals surface area contributed by atoms with Gasteiger partial charge >= 0.3 is 0 Å². The van der Waals surface area contributed by atoms with E-state index in [0.29, 0.717) is 0 Å². The Morgan fingerprint density at radius 2 is 2.00 bits per heavy atom. The summed E-state index contributed by atoms with van der Waals surface area (Å²) in [6.07, 6.45) is 1.65. The van der Waals surface area contributed by atoms with Crippen LogP contribution >= 0.6 is 22.6 Å². The molecule has 2 N–H and O–H groups in total. The van der Waals surface area contributed by atoms with Crippen LogP contribution in [0.25, 0.3) is 11.4 Å². The van der Waals surface area contributed by atoms with E-state index in [2.05, 4.69) is 32.6 Å². The van der Waals surface area contributed by atoms with Crippen LogP contribution in [-0.4, -0.2) is 15.1 Å². The summed E-state index contributed by atoms with van der Waals surface area (Å²) in [6.45, 7) is -0.00261. The van der Waals surface area contributed by atoms with Crippen LogP contribution in [0.3, 0.4) is 0 Å². The highest BCUT2D eigenvalue weighted by atomic mass is 127. The molecular formula is C10H9IN2O. The number of H-pyrrole nitrogens is 1. The van der Waals surface area contributed by atoms with Gasteiger partial charge in [-0.25, -0.2) is 4.98 Å². The Hall–Kier alpha value is -0.880. The Morgan fingerprint density at radius 1 is 1.29 bits per heavy atom. The molecule has 1 heterocycles. The average molecular weight is 300 g/mol. The predicted molar refractivity (Wildman–Crippen MR) is 62.7 cm³/mol. The molecule has 1 aromatic heterocycles. The molecule has 1 aromatic carbocycles. The maximum absolute atomic E-state index is 8.87. The Kier molecular flexibility index (Phi) is 2.83. The second-order valence-corrected chi connectivity index (χ2v) is 4.17. The lowest BCUT2D eigenvalue weighted by Gasteiger charge is -1.96. The topological polar surface area (TPSA) is 48.9 Å². The van der Waals surface area contributed by atoms with Crippen LogP contribution in [0.1, 0.15) is 5.69 Å². The van der Waals surface area contributed by atoms with Crippen molar-refractivity contribution in [1.29, 1.82) is 0 Å². The zero-order chi connectivity index (χ0) is 9.97. The molecule has 0 aliphatic rings. The summed E-state index contributed by atoms with van der Waals surface area (Å²) >= 11 is 2.26. The Labute approximate surface area is 95.3 Å². The number of benzene rings is 1. The lowest BCUT2D eigenvalue weighted by molar-refractivity contribution is 0.277. The molecule has 0 saturated carbocycles. The molecule has 72 valence electrons. The normalized spacial score (nSPS) is 10.4. The molecule has 0 radical (unpaired) electrons. The molecular weight excluding hydrogens is 291 g/mol. The molecule has 0 bridgehead atoms. The van der Waals surface area contributed by atoms with E-state index in [1.807, 2.05) is 24.3 Å². The van der Waals surface area contributed by atoms with Crippen LogP contribution in [0, 0.1) is 3.57 Å². The molecule has 4 heteroatoms. The van der Waals surface area contributed by atoms with E-state index in [1.54, 1.807) is 6.20 Å². The van der Waals surface area contributed by atoms with Crippen LogP contribution in [0.2, 0.25) is 0 Å². The van der Waals surface area contributed by atoms with Crippen molar-refractivity contribution in [3.63, 3.8) is 0 Å². The van der Waals surface area contributed by atoms with Crippen molar-refractivity contribution in [3.8, 4) is 11.4 Å². The quantitative estimate of drug-likeness (QED) is 0.835. The standard InChI is InChI=1S/C10H9IN2O/c11-8-3-1-7(2-4-8)10-12-5-9(6-14)13-10/h1-5,14H,6H2,(H,12,13). The highest BCUT2D eigenvalue weighted by molar-refractivity contribution is 14.1. The number of imidazole rings is 1. The van der Waals surface area contributed by atoms with Crippen molar-refractivity contribution in [2.24, 2.45) is 0 Å². The van der Waals surface area contributed by atoms with E-state index >= 15 is 0 Å². The second kappa shape index (κ2) is 4.10. The van der Waals surface area contributed by atoms with Gasteiger partial charge in [-0.3, -0.25) is 0 Å². The highest BCUT2D eigenvalue weighted by Gasteiger charge is 2.01. The zero-order valence-electron chi connectivity index (χ0n) is 7.37. The maximum atomic E-state index is 8.87. The van der Waals surface area contributed by atoms with Crippen molar-refractivity contribution in [2.75, 3.05) is 0 Å². The van der Waals surface area contributed by atoms with Crippen molar-refractivity contribution in [2.45, 2.75) is 6.61 Å². The van der Waals surface area contributed by atoms with Gasteiger partial charge in [0, 0.05) is 9.13 Å². The summed E-state index contributed by atoms with van der Waals surface area (Å²) < 4.78 is 1.19. The van der Waals surface area contributed by atoms with Gasteiger partial charge in [-0.2, -0.15) is 0 Å². The number of aliphatic hydroxyl groups is 1. The second-order valence-electron chi connectivity index (χ2n) is 2.92. The van der Waals surface area contributed by atoms with E-state index in [0.717, 1.165) is 17.1 Å². The Balaban J connectivity index is 2.34. The number of halogens is 1. The molecule has 0 fully saturated rings. The maximum Gasteiger partial charge on any atom is 0.137 e. The molecule has 0 aliphatic heterocycles. The Bertz CT molecular complexity index is 422. The third kappa shape index (κ3) is 1.96. The molecule has 3 nitrogen and oxygen atoms in total. The van der Waals surface area contributed by atoms with Crippen LogP contribution in [0.5, 0.6) is 0 Å². The SMILES string of the molecule is OCc1cnc(-c2ccc(I)cc2)[nH]1. The number of aromatic amines is 1. The molecule has 14 heavy (non-hydrogen) atoms. The largest absolute Gasteiger partial charge is 0.390 e. The fraction of sp³-hybridized carbons (Fsp3) is 0.100. The number of nitrogens with zero attached hydrogens (tertiary/aromatic N) is 1. The number of aromatic nitrogens is 2. The van der Waals surface area contributed by atoms with Crippen LogP contribution < -0.4 is 0 Å². The zero-order valence-corrected chi connectivity index (χ0v) is 9.52. The first-order chi connectivity index (χ1) is 6.79. The summed E-state index contributed by atoms with van der Waals surface area (Å²) in [7, 11) is 0. The van der Waals surface area contributed by atoms with E-state index < -0.39 is 0 Å². The third-order valence-electron chi connectivity index (χ3n) is 1.92. The minimum atomic E-state index is -0.00261. The fourth-order valence-electron chi connectivity index (χ4n) is 1.19. The van der Waals surface area contributed by atoms with Gasteiger partial charge in [-0.15, -0.1) is 0 Å². The lowest BCUT2D eigenvalue weighted by atomic mass is 10.2. The summed E-state index contributed by atoms with van der Waals surface area (Å²) in [5.74, 6) is 0.797. The summed E-state index contributed by atoms with van der Waals surface area (Å²) in [4.78, 5) is 7.20. The molecule has 2 rings (SSSR count). The monoisotopic (exact) mass is 300 g/mol. The van der Waals surface area contributed by atoms with E-state index in [4.69, 9.17) is 5.11 Å². The fourth-order valence-corrected chi connectivity index (χ4v) is 1.55. The van der Waals surface area contributed by atoms with Crippen LogP contribution in [0.4, 0.5) is 0 Å². The minimum absolute atomic E-state index is 0.00261. The number of hydrogen-bond donors (Lipinski definition) is 2. The number of hydrogen-bond acceptors (Lipinski definition) is 2. The van der Waals surface area contributed by atoms with Crippen molar-refractivity contribution >= 4 is 22.6 Å². The van der Waals surface area contributed by atoms with E-state index in [9.17, 15) is 0 Å². The smallest absolute Gasteiger partial charge is 0.137 e. The van der Waals surface area contributed by atoms with Gasteiger partial charge in [0.1, 0.15) is 5.82 Å². The third-order valence-corrected chi connectivity index (χ3v) is 2.64. The first-order valence-corrected chi connectivity index (χ1v) is 5.28. The minimum Gasteiger partial charge on any atom is -0.390 e. The molecule has 0 unspecified atom stereocenters. The van der Waals surface area contributed by atoms with Crippen molar-refractivity contribution in [3.05, 3.63) is 39.7 Å². The highest BCUT2D eigenvalue weighted by Crippen LogP contribution is 2.17. The van der Waals surface area contributed by atoms with Gasteiger partial charge in [0.05, 0.1) is 18.5 Å². The number of aliphatic hydroxyl groups excluding tert-OH is 1. The van der Waals surface area contributed by atoms with Gasteiger partial charge in [0.15, 0.2) is 0 Å². The van der Waals surface area contributed by atoms with Gasteiger partial charge in [0.2, 0.25) is 0 Å². The molecule has 0 atom stereocenters. The average Bonchev–Trinajstić information content (AvgIpc) is 2.67. The molecule has 0 aliphatic carbocycles. The van der Waals surface area contributed by atoms with Gasteiger partial charge in [0.25, 0.3) is 0 Å². The summed E-state index contributed by atoms with van der Waals surface area (Å²) in [5, 5.41) is 8.87. The van der Waals surface area contributed by atoms with E-state index in [1.165, 1.54) is 3.57 Å². The van der Waals surface area contributed by atoms with E-state index in [-0.39, 0.29) is 6.61 Å².